The van der Waals surface area contributed by atoms with Gasteiger partial charge in [0.15, 0.2) is 6.29 Å². The van der Waals surface area contributed by atoms with Crippen molar-refractivity contribution >= 4 is 17.3 Å². The summed E-state index contributed by atoms with van der Waals surface area (Å²) in [4.78, 5) is 19.7. The first-order valence-electron chi connectivity index (χ1n) is 17.8. The number of hydrogen-bond acceptors (Lipinski definition) is 14. The van der Waals surface area contributed by atoms with E-state index in [0.29, 0.717) is 19.5 Å². The molecule has 3 rings (SSSR count). The molecule has 2 fully saturated rings. The number of aliphatic hydroxyl groups is 6. The van der Waals surface area contributed by atoms with E-state index in [1.165, 1.54) is 20.8 Å². The van der Waals surface area contributed by atoms with Crippen LogP contribution < -0.4 is 5.32 Å². The Hall–Kier alpha value is -1.30. The Morgan fingerprint density at radius 1 is 1.06 bits per heavy atom. The van der Waals surface area contributed by atoms with E-state index in [0.717, 1.165) is 18.0 Å². The van der Waals surface area contributed by atoms with Crippen LogP contribution in [0.4, 0.5) is 0 Å². The molecule has 14 heteroatoms. The predicted octanol–water partition coefficient (Wildman–Crippen LogP) is 1.66. The third-order valence-corrected chi connectivity index (χ3v) is 11.6. The van der Waals surface area contributed by atoms with Crippen LogP contribution in [-0.2, 0) is 25.5 Å². The molecular formula is C35H63N3O10S. The molecule has 0 bridgehead atoms. The standard InChI is InChI=1S/C35H63N3O10S/c1-10-25-35(8,45)30(42)21(4)27(39)19(2)17-34(7,44)31(22(5)28(40)23(6)32(43)47-25)48-33-29(41)24(16-20(3)46-33)38(9)14-11-12-36-18-26-37-13-15-49-26/h13,15,19-25,27-31,33,36,39-42,44-45H,10-12,14,16-18H2,1-9H3/t19-,20+,21+,22+,23-,24-,25-,27+,28+,29+,30-,31-,33-,34-,35-/m1/s1. The summed E-state index contributed by atoms with van der Waals surface area (Å²) in [5.74, 6) is -4.23. The number of nitrogens with one attached hydrogen (secondary N) is 1. The minimum Gasteiger partial charge on any atom is -0.459 e. The highest BCUT2D eigenvalue weighted by molar-refractivity contribution is 7.09. The van der Waals surface area contributed by atoms with E-state index in [4.69, 9.17) is 14.2 Å². The van der Waals surface area contributed by atoms with Crippen LogP contribution in [0.15, 0.2) is 11.6 Å². The summed E-state index contributed by atoms with van der Waals surface area (Å²) in [5, 5.41) is 75.5. The topological polar surface area (TPSA) is 194 Å². The van der Waals surface area contributed by atoms with Crippen LogP contribution in [0.2, 0.25) is 0 Å². The second kappa shape index (κ2) is 18.0. The lowest BCUT2D eigenvalue weighted by Crippen LogP contribution is -2.60. The first-order valence-corrected chi connectivity index (χ1v) is 18.7. The molecule has 7 N–H and O–H groups in total. The number of carbonyl (C=O) groups is 1. The Bertz CT molecular complexity index is 1140. The van der Waals surface area contributed by atoms with Crippen molar-refractivity contribution < 1.29 is 49.6 Å². The molecule has 2 aliphatic rings. The lowest BCUT2D eigenvalue weighted by molar-refractivity contribution is -0.300. The molecule has 0 unspecified atom stereocenters. The van der Waals surface area contributed by atoms with Crippen LogP contribution in [0.3, 0.4) is 0 Å². The van der Waals surface area contributed by atoms with Gasteiger partial charge in [0.25, 0.3) is 0 Å². The highest BCUT2D eigenvalue weighted by Crippen LogP contribution is 2.38. The fourth-order valence-corrected chi connectivity index (χ4v) is 8.26. The average molecular weight is 718 g/mol. The van der Waals surface area contributed by atoms with Crippen LogP contribution in [0.25, 0.3) is 0 Å². The summed E-state index contributed by atoms with van der Waals surface area (Å²) < 4.78 is 18.3. The van der Waals surface area contributed by atoms with Crippen LogP contribution in [0.5, 0.6) is 0 Å². The smallest absolute Gasteiger partial charge is 0.311 e. The number of esters is 1. The van der Waals surface area contributed by atoms with Crippen LogP contribution in [0.1, 0.15) is 86.1 Å². The van der Waals surface area contributed by atoms with Gasteiger partial charge in [-0.1, -0.05) is 27.7 Å². The van der Waals surface area contributed by atoms with E-state index in [2.05, 4.69) is 15.2 Å². The second-order valence-corrected chi connectivity index (χ2v) is 16.1. The van der Waals surface area contributed by atoms with Crippen molar-refractivity contribution in [2.24, 2.45) is 23.7 Å². The molecule has 2 saturated heterocycles. The molecule has 0 spiro atoms. The van der Waals surface area contributed by atoms with Gasteiger partial charge in [-0.2, -0.15) is 0 Å². The van der Waals surface area contributed by atoms with Crippen LogP contribution in [0, 0.1) is 23.7 Å². The highest BCUT2D eigenvalue weighted by Gasteiger charge is 2.51. The Kier molecular flexibility index (Phi) is 15.4. The maximum Gasteiger partial charge on any atom is 0.311 e. The van der Waals surface area contributed by atoms with Crippen molar-refractivity contribution in [3.8, 4) is 0 Å². The van der Waals surface area contributed by atoms with E-state index < -0.39 is 83.8 Å². The lowest BCUT2D eigenvalue weighted by atomic mass is 9.73. The number of aliphatic hydroxyl groups excluding tert-OH is 4. The van der Waals surface area contributed by atoms with Gasteiger partial charge >= 0.3 is 5.97 Å². The second-order valence-electron chi connectivity index (χ2n) is 15.1. The molecule has 2 aliphatic heterocycles. The number of cyclic esters (lactones) is 1. The third kappa shape index (κ3) is 10.4. The van der Waals surface area contributed by atoms with E-state index in [-0.39, 0.29) is 25.0 Å². The quantitative estimate of drug-likeness (QED) is 0.137. The van der Waals surface area contributed by atoms with Crippen molar-refractivity contribution in [2.45, 2.75) is 154 Å². The molecular weight excluding hydrogens is 654 g/mol. The predicted molar refractivity (Wildman–Crippen MR) is 185 cm³/mol. The average Bonchev–Trinajstić information content (AvgIpc) is 3.57. The van der Waals surface area contributed by atoms with Gasteiger partial charge in [0.2, 0.25) is 0 Å². The van der Waals surface area contributed by atoms with Crippen LogP contribution >= 0.6 is 11.3 Å². The van der Waals surface area contributed by atoms with Gasteiger partial charge in [-0.25, -0.2) is 4.98 Å². The zero-order chi connectivity index (χ0) is 36.8. The normalized spacial score (nSPS) is 43.3. The Balaban J connectivity index is 1.84. The largest absolute Gasteiger partial charge is 0.459 e. The Labute approximate surface area is 296 Å². The minimum atomic E-state index is -1.90. The number of aromatic nitrogens is 1. The summed E-state index contributed by atoms with van der Waals surface area (Å²) >= 11 is 1.60. The number of ether oxygens (including phenoxy) is 3. The SMILES string of the molecule is CC[C@H]1OC(=O)[C@H](C)[C@@H](O)[C@H](C)[C@@H](O[C@H]2O[C@@H](C)C[C@@H](N(C)CCCNCc3nccs3)[C@@H]2O)[C@](C)(O)C[C@@H](C)[C@H](O)[C@H](C)[C@@H](O)[C@]1(C)O. The van der Waals surface area contributed by atoms with E-state index in [1.807, 2.05) is 19.4 Å². The van der Waals surface area contributed by atoms with Crippen LogP contribution in [-0.4, -0.2) is 133 Å². The molecule has 0 radical (unpaired) electrons. The van der Waals surface area contributed by atoms with Gasteiger partial charge in [0.1, 0.15) is 22.8 Å². The summed E-state index contributed by atoms with van der Waals surface area (Å²) in [7, 11) is 1.95. The molecule has 0 saturated carbocycles. The molecule has 0 amide bonds. The molecule has 13 nitrogen and oxygen atoms in total. The molecule has 15 atom stereocenters. The number of nitrogens with zero attached hydrogens (tertiary/aromatic N) is 2. The van der Waals surface area contributed by atoms with Gasteiger partial charge in [-0.15, -0.1) is 11.3 Å². The van der Waals surface area contributed by atoms with Crippen molar-refractivity contribution in [1.82, 2.24) is 15.2 Å². The number of carbonyl (C=O) groups excluding carboxylic acids is 1. The highest BCUT2D eigenvalue weighted by atomic mass is 32.1. The third-order valence-electron chi connectivity index (χ3n) is 10.8. The fourth-order valence-electron chi connectivity index (χ4n) is 7.67. The van der Waals surface area contributed by atoms with E-state index in [1.54, 1.807) is 45.2 Å². The van der Waals surface area contributed by atoms with E-state index >= 15 is 0 Å². The summed E-state index contributed by atoms with van der Waals surface area (Å²) in [5.41, 5.74) is -3.60. The number of thiazole rings is 1. The van der Waals surface area contributed by atoms with Gasteiger partial charge in [-0.05, 0) is 79.4 Å². The Morgan fingerprint density at radius 3 is 2.35 bits per heavy atom. The molecule has 0 aliphatic carbocycles. The number of hydrogen-bond donors (Lipinski definition) is 7. The van der Waals surface area contributed by atoms with E-state index in [9.17, 15) is 35.4 Å². The maximum atomic E-state index is 13.4. The van der Waals surface area contributed by atoms with Gasteiger partial charge in [0.05, 0.1) is 42.0 Å². The zero-order valence-corrected chi connectivity index (χ0v) is 31.5. The van der Waals surface area contributed by atoms with Crippen molar-refractivity contribution in [3.05, 3.63) is 16.6 Å². The lowest BCUT2D eigenvalue weighted by Gasteiger charge is -2.48. The molecule has 1 aromatic rings. The summed E-state index contributed by atoms with van der Waals surface area (Å²) in [6.45, 7) is 15.2. The van der Waals surface area contributed by atoms with Crippen molar-refractivity contribution in [1.29, 1.82) is 0 Å². The van der Waals surface area contributed by atoms with Gasteiger partial charge < -0.3 is 55.1 Å². The zero-order valence-electron chi connectivity index (χ0n) is 30.7. The Morgan fingerprint density at radius 2 is 1.73 bits per heavy atom. The summed E-state index contributed by atoms with van der Waals surface area (Å²) in [6.07, 6.45) is -5.50. The number of likely N-dealkylation sites (N-methyl/N-ethyl adjacent to an activating group) is 1. The first kappa shape index (κ1) is 42.1. The van der Waals surface area contributed by atoms with Crippen molar-refractivity contribution in [3.63, 3.8) is 0 Å². The monoisotopic (exact) mass is 717 g/mol. The molecule has 3 heterocycles. The molecule has 0 aromatic carbocycles. The van der Waals surface area contributed by atoms with Crippen molar-refractivity contribution in [2.75, 3.05) is 20.1 Å². The molecule has 1 aromatic heterocycles. The fraction of sp³-hybridized carbons (Fsp3) is 0.886. The molecule has 49 heavy (non-hydrogen) atoms. The minimum absolute atomic E-state index is 0.0270. The van der Waals surface area contributed by atoms with Gasteiger partial charge in [0, 0.05) is 36.0 Å². The number of rotatable bonds is 10. The van der Waals surface area contributed by atoms with Gasteiger partial charge in [-0.3, -0.25) is 4.79 Å². The molecule has 284 valence electrons. The maximum absolute atomic E-state index is 13.4. The summed E-state index contributed by atoms with van der Waals surface area (Å²) in [6, 6.07) is -0.313. The first-order chi connectivity index (χ1) is 22.8.